The van der Waals surface area contributed by atoms with Crippen molar-refractivity contribution in [3.63, 3.8) is 0 Å². The number of hydrogen-bond acceptors (Lipinski definition) is 4. The number of para-hydroxylation sites is 1. The van der Waals surface area contributed by atoms with Crippen LogP contribution >= 0.6 is 27.7 Å². The van der Waals surface area contributed by atoms with Crippen LogP contribution in [0.15, 0.2) is 94.3 Å². The molecule has 1 unspecified atom stereocenters. The average Bonchev–Trinajstić information content (AvgIpc) is 3.19. The van der Waals surface area contributed by atoms with Crippen LogP contribution in [0, 0.1) is 5.82 Å². The lowest BCUT2D eigenvalue weighted by Crippen LogP contribution is -2.31. The first-order valence-electron chi connectivity index (χ1n) is 10.7. The Morgan fingerprint density at radius 3 is 2.59 bits per heavy atom. The summed E-state index contributed by atoms with van der Waals surface area (Å²) in [7, 11) is 0. The molecule has 1 fully saturated rings. The van der Waals surface area contributed by atoms with E-state index in [9.17, 15) is 9.18 Å². The predicted molar refractivity (Wildman–Crippen MR) is 140 cm³/mol. The molecule has 0 saturated carbocycles. The van der Waals surface area contributed by atoms with Crippen molar-refractivity contribution in [2.24, 2.45) is 0 Å². The molecule has 1 amide bonds. The number of halogens is 2. The van der Waals surface area contributed by atoms with Crippen LogP contribution in [-0.4, -0.2) is 11.4 Å². The molecule has 4 aromatic rings. The molecule has 7 heteroatoms. The predicted octanol–water partition coefficient (Wildman–Crippen LogP) is 6.92. The van der Waals surface area contributed by atoms with Gasteiger partial charge >= 0.3 is 0 Å². The number of carbonyl (C=O) groups excluding carboxylic acids is 1. The standard InChI is InChI=1S/C27H20BrFN2O2S/c28-19-12-9-17(10-13-19)16-33-24-14-11-18-5-1-2-6-20(18)21(24)15-25-26(32)31-27(34-25)30-23-8-4-3-7-22(23)29/h1-15,27,30H,16H2,(H,31,32)/b25-15-. The van der Waals surface area contributed by atoms with E-state index in [1.165, 1.54) is 17.8 Å². The third-order valence-electron chi connectivity index (χ3n) is 5.40. The summed E-state index contributed by atoms with van der Waals surface area (Å²) < 4.78 is 21.2. The van der Waals surface area contributed by atoms with Crippen LogP contribution < -0.4 is 15.4 Å². The van der Waals surface area contributed by atoms with Crippen molar-refractivity contribution >= 4 is 56.1 Å². The second kappa shape index (κ2) is 9.91. The molecule has 1 aliphatic rings. The Kier molecular flexibility index (Phi) is 6.56. The fourth-order valence-corrected chi connectivity index (χ4v) is 4.93. The molecule has 0 radical (unpaired) electrons. The molecular formula is C27H20BrFN2O2S. The molecule has 0 bridgehead atoms. The Morgan fingerprint density at radius 1 is 1.00 bits per heavy atom. The van der Waals surface area contributed by atoms with Gasteiger partial charge in [-0.2, -0.15) is 0 Å². The van der Waals surface area contributed by atoms with Crippen molar-refractivity contribution in [1.29, 1.82) is 0 Å². The number of benzene rings is 4. The number of rotatable bonds is 6. The molecule has 0 aromatic heterocycles. The molecule has 0 spiro atoms. The quantitative estimate of drug-likeness (QED) is 0.263. The summed E-state index contributed by atoms with van der Waals surface area (Å²) in [5.74, 6) is 0.103. The van der Waals surface area contributed by atoms with E-state index in [0.717, 1.165) is 26.4 Å². The molecule has 1 heterocycles. The minimum Gasteiger partial charge on any atom is -0.488 e. The zero-order valence-corrected chi connectivity index (χ0v) is 20.3. The molecule has 5 rings (SSSR count). The van der Waals surface area contributed by atoms with Crippen LogP contribution in [0.5, 0.6) is 5.75 Å². The fourth-order valence-electron chi connectivity index (χ4n) is 3.71. The largest absolute Gasteiger partial charge is 0.488 e. The maximum atomic E-state index is 14.0. The van der Waals surface area contributed by atoms with E-state index < -0.39 is 5.50 Å². The number of hydrogen-bond donors (Lipinski definition) is 2. The third kappa shape index (κ3) is 4.95. The number of thioether (sulfide) groups is 1. The van der Waals surface area contributed by atoms with Crippen molar-refractivity contribution in [3.05, 3.63) is 111 Å². The maximum absolute atomic E-state index is 14.0. The van der Waals surface area contributed by atoms with Crippen molar-refractivity contribution in [2.45, 2.75) is 12.1 Å². The molecule has 1 atom stereocenters. The molecule has 0 aliphatic carbocycles. The van der Waals surface area contributed by atoms with E-state index in [1.54, 1.807) is 18.2 Å². The summed E-state index contributed by atoms with van der Waals surface area (Å²) in [6, 6.07) is 26.3. The van der Waals surface area contributed by atoms with Gasteiger partial charge in [-0.05, 0) is 52.7 Å². The third-order valence-corrected chi connectivity index (χ3v) is 6.96. The molecule has 4 nitrogen and oxygen atoms in total. The van der Waals surface area contributed by atoms with Crippen LogP contribution in [0.4, 0.5) is 10.1 Å². The Bertz CT molecular complexity index is 1390. The van der Waals surface area contributed by atoms with Gasteiger partial charge in [0.2, 0.25) is 0 Å². The lowest BCUT2D eigenvalue weighted by Gasteiger charge is -2.13. The normalized spacial score (nSPS) is 16.6. The number of amides is 1. The van der Waals surface area contributed by atoms with Gasteiger partial charge in [0, 0.05) is 10.0 Å². The molecule has 1 aliphatic heterocycles. The summed E-state index contributed by atoms with van der Waals surface area (Å²) in [5, 5.41) is 7.94. The summed E-state index contributed by atoms with van der Waals surface area (Å²) >= 11 is 4.76. The van der Waals surface area contributed by atoms with Gasteiger partial charge in [-0.3, -0.25) is 4.79 Å². The first kappa shape index (κ1) is 22.5. The van der Waals surface area contributed by atoms with E-state index >= 15 is 0 Å². The van der Waals surface area contributed by atoms with E-state index in [1.807, 2.05) is 66.7 Å². The average molecular weight is 535 g/mol. The summed E-state index contributed by atoms with van der Waals surface area (Å²) in [5.41, 5.74) is 1.74. The Morgan fingerprint density at radius 2 is 1.76 bits per heavy atom. The molecule has 34 heavy (non-hydrogen) atoms. The van der Waals surface area contributed by atoms with Crippen LogP contribution in [0.25, 0.3) is 16.8 Å². The number of ether oxygens (including phenoxy) is 1. The van der Waals surface area contributed by atoms with Crippen LogP contribution in [0.1, 0.15) is 11.1 Å². The highest BCUT2D eigenvalue weighted by Gasteiger charge is 2.28. The van der Waals surface area contributed by atoms with Gasteiger partial charge < -0.3 is 15.4 Å². The smallest absolute Gasteiger partial charge is 0.260 e. The van der Waals surface area contributed by atoms with Crippen LogP contribution in [0.2, 0.25) is 0 Å². The van der Waals surface area contributed by atoms with Crippen molar-refractivity contribution in [1.82, 2.24) is 5.32 Å². The van der Waals surface area contributed by atoms with Gasteiger partial charge in [0.1, 0.15) is 18.2 Å². The van der Waals surface area contributed by atoms with Gasteiger partial charge in [-0.15, -0.1) is 0 Å². The molecule has 4 aromatic carbocycles. The van der Waals surface area contributed by atoms with Crippen LogP contribution in [-0.2, 0) is 11.4 Å². The second-order valence-electron chi connectivity index (χ2n) is 7.72. The van der Waals surface area contributed by atoms with E-state index in [4.69, 9.17) is 4.74 Å². The van der Waals surface area contributed by atoms with E-state index in [0.29, 0.717) is 22.9 Å². The first-order valence-corrected chi connectivity index (χ1v) is 12.3. The van der Waals surface area contributed by atoms with Gasteiger partial charge in [-0.25, -0.2) is 4.39 Å². The Hall–Kier alpha value is -3.29. The minimum absolute atomic E-state index is 0.217. The summed E-state index contributed by atoms with van der Waals surface area (Å²) in [6.45, 7) is 0.401. The SMILES string of the molecule is O=C1NC(Nc2ccccc2F)S/C1=C\c1c(OCc2ccc(Br)cc2)ccc2ccccc12. The summed E-state index contributed by atoms with van der Waals surface area (Å²) in [4.78, 5) is 13.3. The van der Waals surface area contributed by atoms with Crippen molar-refractivity contribution < 1.29 is 13.9 Å². The van der Waals surface area contributed by atoms with Crippen LogP contribution in [0.3, 0.4) is 0 Å². The van der Waals surface area contributed by atoms with Gasteiger partial charge in [-0.1, -0.05) is 82.3 Å². The molecule has 2 N–H and O–H groups in total. The number of fused-ring (bicyclic) bond motifs is 1. The highest BCUT2D eigenvalue weighted by atomic mass is 79.9. The van der Waals surface area contributed by atoms with Gasteiger partial charge in [0.15, 0.2) is 5.50 Å². The van der Waals surface area contributed by atoms with E-state index in [2.05, 4.69) is 26.6 Å². The lowest BCUT2D eigenvalue weighted by atomic mass is 10.0. The van der Waals surface area contributed by atoms with Crippen molar-refractivity contribution in [3.8, 4) is 5.75 Å². The fraction of sp³-hybridized carbons (Fsp3) is 0.0741. The maximum Gasteiger partial charge on any atom is 0.260 e. The number of anilines is 1. The molecular weight excluding hydrogens is 515 g/mol. The number of carbonyl (C=O) groups is 1. The highest BCUT2D eigenvalue weighted by Crippen LogP contribution is 2.36. The van der Waals surface area contributed by atoms with E-state index in [-0.39, 0.29) is 11.7 Å². The Labute approximate surface area is 209 Å². The zero-order chi connectivity index (χ0) is 23.5. The number of nitrogens with one attached hydrogen (secondary N) is 2. The van der Waals surface area contributed by atoms with Gasteiger partial charge in [0.25, 0.3) is 5.91 Å². The first-order chi connectivity index (χ1) is 16.6. The molecule has 170 valence electrons. The Balaban J connectivity index is 1.44. The zero-order valence-electron chi connectivity index (χ0n) is 17.9. The molecule has 1 saturated heterocycles. The highest BCUT2D eigenvalue weighted by molar-refractivity contribution is 9.10. The van der Waals surface area contributed by atoms with Crippen molar-refractivity contribution in [2.75, 3.05) is 5.32 Å². The lowest BCUT2D eigenvalue weighted by molar-refractivity contribution is -0.116. The monoisotopic (exact) mass is 534 g/mol. The topological polar surface area (TPSA) is 50.4 Å². The second-order valence-corrected chi connectivity index (χ2v) is 9.78. The minimum atomic E-state index is -0.474. The van der Waals surface area contributed by atoms with Gasteiger partial charge in [0.05, 0.1) is 10.6 Å². The summed E-state index contributed by atoms with van der Waals surface area (Å²) in [6.07, 6.45) is 1.85.